The van der Waals surface area contributed by atoms with Crippen molar-refractivity contribution in [1.82, 2.24) is 0 Å². The Morgan fingerprint density at radius 2 is 2.00 bits per heavy atom. The highest BCUT2D eigenvalue weighted by Crippen LogP contribution is 2.46. The number of carbonyl (C=O) groups is 1. The van der Waals surface area contributed by atoms with Crippen LogP contribution in [0.15, 0.2) is 0 Å². The quantitative estimate of drug-likeness (QED) is 0.458. The number of aliphatic carboxylic acids is 1. The van der Waals surface area contributed by atoms with Crippen molar-refractivity contribution in [2.45, 2.75) is 18.4 Å². The van der Waals surface area contributed by atoms with Crippen LogP contribution in [0.5, 0.6) is 0 Å². The second-order valence-corrected chi connectivity index (χ2v) is 5.28. The molecule has 0 radical (unpaired) electrons. The first-order valence-corrected chi connectivity index (χ1v) is 5.59. The van der Waals surface area contributed by atoms with Crippen LogP contribution in [0.4, 0.5) is 0 Å². The van der Waals surface area contributed by atoms with Crippen LogP contribution < -0.4 is 5.73 Å². The zero-order chi connectivity index (χ0) is 10.3. The fourth-order valence-corrected chi connectivity index (χ4v) is 2.54. The molecule has 0 aromatic heterocycles. The van der Waals surface area contributed by atoms with E-state index < -0.39 is 19.1 Å². The molecule has 5 N–H and O–H groups in total. The van der Waals surface area contributed by atoms with Crippen molar-refractivity contribution < 1.29 is 24.3 Å². The highest BCUT2D eigenvalue weighted by atomic mass is 31.2. The first kappa shape index (κ1) is 10.7. The van der Waals surface area contributed by atoms with Crippen molar-refractivity contribution >= 4 is 13.6 Å². The predicted molar refractivity (Wildman–Crippen MR) is 44.2 cm³/mol. The Morgan fingerprint density at radius 1 is 1.54 bits per heavy atom. The molecule has 1 fully saturated rings. The van der Waals surface area contributed by atoms with Gasteiger partial charge in [-0.3, -0.25) is 9.36 Å². The summed E-state index contributed by atoms with van der Waals surface area (Å²) in [4.78, 5) is 27.7. The molecule has 0 bridgehead atoms. The minimum absolute atomic E-state index is 0.146. The molecule has 76 valence electrons. The summed E-state index contributed by atoms with van der Waals surface area (Å²) in [5.74, 6) is -1.36. The maximum absolute atomic E-state index is 10.5. The van der Waals surface area contributed by atoms with Gasteiger partial charge in [0.1, 0.15) is 5.54 Å². The molecular weight excluding hydrogens is 197 g/mol. The van der Waals surface area contributed by atoms with E-state index in [0.717, 1.165) is 0 Å². The minimum atomic E-state index is -4.02. The number of carboxylic acids is 1. The number of hydrogen-bond acceptors (Lipinski definition) is 3. The normalized spacial score (nSPS) is 33.9. The van der Waals surface area contributed by atoms with Crippen LogP contribution >= 0.6 is 7.60 Å². The first-order valence-electron chi connectivity index (χ1n) is 3.80. The predicted octanol–water partition coefficient (Wildman–Crippen LogP) is -0.644. The van der Waals surface area contributed by atoms with Crippen LogP contribution in [0.25, 0.3) is 0 Å². The Kier molecular flexibility index (Phi) is 2.51. The highest BCUT2D eigenvalue weighted by Gasteiger charge is 2.48. The highest BCUT2D eigenvalue weighted by molar-refractivity contribution is 7.51. The summed E-state index contributed by atoms with van der Waals surface area (Å²) in [7, 11) is -4.02. The fraction of sp³-hybridized carbons (Fsp3) is 0.833. The van der Waals surface area contributed by atoms with Gasteiger partial charge in [0, 0.05) is 0 Å². The molecule has 0 amide bonds. The van der Waals surface area contributed by atoms with E-state index in [1.165, 1.54) is 0 Å². The van der Waals surface area contributed by atoms with Gasteiger partial charge in [-0.15, -0.1) is 0 Å². The van der Waals surface area contributed by atoms with Crippen molar-refractivity contribution in [3.8, 4) is 0 Å². The lowest BCUT2D eigenvalue weighted by Gasteiger charge is -2.41. The second kappa shape index (κ2) is 3.06. The van der Waals surface area contributed by atoms with E-state index in [-0.39, 0.29) is 24.9 Å². The van der Waals surface area contributed by atoms with Crippen molar-refractivity contribution in [3.05, 3.63) is 0 Å². The second-order valence-electron chi connectivity index (χ2n) is 3.58. The molecule has 0 spiro atoms. The zero-order valence-corrected chi connectivity index (χ0v) is 7.78. The summed E-state index contributed by atoms with van der Waals surface area (Å²) in [5.41, 5.74) is 4.14. The van der Waals surface area contributed by atoms with Gasteiger partial charge in [0.05, 0.1) is 6.16 Å². The molecule has 1 aliphatic carbocycles. The van der Waals surface area contributed by atoms with E-state index in [1.807, 2.05) is 0 Å². The lowest BCUT2D eigenvalue weighted by atomic mass is 9.70. The third-order valence-electron chi connectivity index (χ3n) is 2.23. The van der Waals surface area contributed by atoms with E-state index in [2.05, 4.69) is 0 Å². The molecule has 0 aromatic rings. The van der Waals surface area contributed by atoms with Crippen LogP contribution in [-0.2, 0) is 9.36 Å². The molecule has 6 nitrogen and oxygen atoms in total. The SMILES string of the molecule is NC1(C(=O)O)CC(CP(=O)(O)O)C1. The maximum Gasteiger partial charge on any atom is 0.325 e. The van der Waals surface area contributed by atoms with Crippen LogP contribution in [0.3, 0.4) is 0 Å². The van der Waals surface area contributed by atoms with E-state index in [9.17, 15) is 9.36 Å². The van der Waals surface area contributed by atoms with Crippen LogP contribution in [-0.4, -0.2) is 32.6 Å². The molecule has 7 heteroatoms. The molecule has 0 saturated heterocycles. The lowest BCUT2D eigenvalue weighted by molar-refractivity contribution is -0.148. The number of hydrogen-bond donors (Lipinski definition) is 4. The van der Waals surface area contributed by atoms with Gasteiger partial charge in [-0.2, -0.15) is 0 Å². The largest absolute Gasteiger partial charge is 0.480 e. The summed E-state index contributed by atoms with van der Waals surface area (Å²) in [6.45, 7) is 0. The van der Waals surface area contributed by atoms with Crippen molar-refractivity contribution in [2.75, 3.05) is 6.16 Å². The smallest absolute Gasteiger partial charge is 0.325 e. The van der Waals surface area contributed by atoms with Crippen molar-refractivity contribution in [3.63, 3.8) is 0 Å². The molecule has 1 aliphatic rings. The summed E-state index contributed by atoms with van der Waals surface area (Å²) < 4.78 is 10.5. The first-order chi connectivity index (χ1) is 5.73. The molecule has 0 aliphatic heterocycles. The summed E-state index contributed by atoms with van der Waals surface area (Å²) in [6.07, 6.45) is 0.0279. The van der Waals surface area contributed by atoms with Gasteiger partial charge in [0.15, 0.2) is 0 Å². The summed E-state index contributed by atoms with van der Waals surface area (Å²) in [5, 5.41) is 8.59. The number of nitrogens with two attached hydrogens (primary N) is 1. The number of rotatable bonds is 3. The Hall–Kier alpha value is -0.420. The van der Waals surface area contributed by atoms with Gasteiger partial charge < -0.3 is 20.6 Å². The van der Waals surface area contributed by atoms with Gasteiger partial charge >= 0.3 is 13.6 Å². The van der Waals surface area contributed by atoms with E-state index >= 15 is 0 Å². The topological polar surface area (TPSA) is 121 Å². The summed E-state index contributed by atoms with van der Waals surface area (Å²) >= 11 is 0. The Balaban J connectivity index is 2.42. The molecule has 0 heterocycles. The molecule has 1 rings (SSSR count). The van der Waals surface area contributed by atoms with Crippen LogP contribution in [0.2, 0.25) is 0 Å². The third-order valence-corrected chi connectivity index (χ3v) is 3.22. The lowest BCUT2D eigenvalue weighted by Crippen LogP contribution is -2.58. The van der Waals surface area contributed by atoms with Gasteiger partial charge in [0.25, 0.3) is 0 Å². The van der Waals surface area contributed by atoms with E-state index in [4.69, 9.17) is 20.6 Å². The maximum atomic E-state index is 10.5. The number of carboxylic acid groups (broad SMARTS) is 1. The molecular formula is C6H12NO5P. The average molecular weight is 209 g/mol. The van der Waals surface area contributed by atoms with Gasteiger partial charge in [-0.25, -0.2) is 0 Å². The van der Waals surface area contributed by atoms with Crippen molar-refractivity contribution in [1.29, 1.82) is 0 Å². The van der Waals surface area contributed by atoms with Gasteiger partial charge in [0.2, 0.25) is 0 Å². The average Bonchev–Trinajstić information content (AvgIpc) is 1.79. The summed E-state index contributed by atoms with van der Waals surface area (Å²) in [6, 6.07) is 0. The third kappa shape index (κ3) is 2.51. The Bertz CT molecular complexity index is 266. The minimum Gasteiger partial charge on any atom is -0.480 e. The zero-order valence-electron chi connectivity index (χ0n) is 6.88. The molecule has 0 atom stereocenters. The fourth-order valence-electron chi connectivity index (χ4n) is 1.61. The molecule has 0 unspecified atom stereocenters. The molecule has 13 heavy (non-hydrogen) atoms. The van der Waals surface area contributed by atoms with Crippen LogP contribution in [0.1, 0.15) is 12.8 Å². The molecule has 1 saturated carbocycles. The Morgan fingerprint density at radius 3 is 2.31 bits per heavy atom. The standard InChI is InChI=1S/C6H12NO5P/c7-6(5(8)9)1-4(2-6)3-13(10,11)12/h4H,1-3,7H2,(H,8,9)(H2,10,11,12). The monoisotopic (exact) mass is 209 g/mol. The van der Waals surface area contributed by atoms with E-state index in [0.29, 0.717) is 0 Å². The van der Waals surface area contributed by atoms with E-state index in [1.54, 1.807) is 0 Å². The van der Waals surface area contributed by atoms with Gasteiger partial charge in [-0.1, -0.05) is 0 Å². The Labute approximate surface area is 74.9 Å². The van der Waals surface area contributed by atoms with Crippen LogP contribution in [0, 0.1) is 5.92 Å². The van der Waals surface area contributed by atoms with Gasteiger partial charge in [-0.05, 0) is 18.8 Å². The van der Waals surface area contributed by atoms with Crippen molar-refractivity contribution in [2.24, 2.45) is 11.7 Å². The molecule has 0 aromatic carbocycles.